The van der Waals surface area contributed by atoms with Crippen LogP contribution in [0.15, 0.2) is 11.0 Å². The average molecular weight is 394 g/mol. The van der Waals surface area contributed by atoms with E-state index in [1.165, 1.54) is 10.4 Å². The van der Waals surface area contributed by atoms with Crippen molar-refractivity contribution in [3.05, 3.63) is 14.7 Å². The Balaban J connectivity index is 0.00000220. The summed E-state index contributed by atoms with van der Waals surface area (Å²) in [5.41, 5.74) is 0. The molecule has 1 aromatic rings. The van der Waals surface area contributed by atoms with Crippen molar-refractivity contribution in [2.75, 3.05) is 26.2 Å². The molecule has 0 atom stereocenters. The molecule has 122 valence electrons. The number of sulfonamides is 1. The predicted molar refractivity (Wildman–Crippen MR) is 91.6 cm³/mol. The average Bonchev–Trinajstić information content (AvgIpc) is 2.76. The number of nitrogens with one attached hydrogen (secondary N) is 1. The first-order valence-electron chi connectivity index (χ1n) is 6.61. The highest BCUT2D eigenvalue weighted by Gasteiger charge is 2.31. The van der Waals surface area contributed by atoms with Crippen LogP contribution >= 0.6 is 46.9 Å². The van der Waals surface area contributed by atoms with E-state index in [1.54, 1.807) is 0 Å². The molecule has 4 nitrogen and oxygen atoms in total. The first kappa shape index (κ1) is 19.5. The van der Waals surface area contributed by atoms with Crippen molar-refractivity contribution in [1.82, 2.24) is 9.62 Å². The Morgan fingerprint density at radius 3 is 2.48 bits per heavy atom. The second-order valence-electron chi connectivity index (χ2n) is 4.84. The Morgan fingerprint density at radius 2 is 2.00 bits per heavy atom. The van der Waals surface area contributed by atoms with E-state index in [2.05, 4.69) is 12.2 Å². The molecule has 1 aliphatic rings. The highest BCUT2D eigenvalue weighted by Crippen LogP contribution is 2.36. The molecular formula is C12H19Cl3N2O2S2. The van der Waals surface area contributed by atoms with Crippen LogP contribution in [0.3, 0.4) is 0 Å². The van der Waals surface area contributed by atoms with Crippen LogP contribution in [0, 0.1) is 5.92 Å². The zero-order valence-corrected chi connectivity index (χ0v) is 15.6. The maximum absolute atomic E-state index is 12.5. The number of thiophene rings is 1. The monoisotopic (exact) mass is 392 g/mol. The fraction of sp³-hybridized carbons (Fsp3) is 0.667. The highest BCUT2D eigenvalue weighted by molar-refractivity contribution is 7.89. The maximum atomic E-state index is 12.5. The molecule has 0 unspecified atom stereocenters. The summed E-state index contributed by atoms with van der Waals surface area (Å²) in [6.07, 6.45) is 1.75. The normalized spacial score (nSPS) is 17.7. The summed E-state index contributed by atoms with van der Waals surface area (Å²) in [4.78, 5) is 0.138. The van der Waals surface area contributed by atoms with E-state index in [-0.39, 0.29) is 21.6 Å². The molecule has 21 heavy (non-hydrogen) atoms. The van der Waals surface area contributed by atoms with Crippen LogP contribution in [0.25, 0.3) is 0 Å². The van der Waals surface area contributed by atoms with Gasteiger partial charge in [0.25, 0.3) is 0 Å². The van der Waals surface area contributed by atoms with Crippen molar-refractivity contribution in [1.29, 1.82) is 0 Å². The molecule has 0 amide bonds. The minimum absolute atomic E-state index is 0. The lowest BCUT2D eigenvalue weighted by Crippen LogP contribution is -2.40. The van der Waals surface area contributed by atoms with E-state index < -0.39 is 10.0 Å². The van der Waals surface area contributed by atoms with Gasteiger partial charge in [0.15, 0.2) is 0 Å². The fourth-order valence-corrected chi connectivity index (χ4v) is 5.92. The van der Waals surface area contributed by atoms with Crippen LogP contribution in [-0.2, 0) is 10.0 Å². The number of nitrogens with zero attached hydrogens (tertiary/aromatic N) is 1. The summed E-state index contributed by atoms with van der Waals surface area (Å²) in [7, 11) is -3.51. The summed E-state index contributed by atoms with van der Waals surface area (Å²) in [6.45, 7) is 5.06. The first-order valence-corrected chi connectivity index (χ1v) is 9.62. The molecule has 1 fully saturated rings. The molecule has 2 rings (SSSR count). The number of halogens is 3. The van der Waals surface area contributed by atoms with Crippen LogP contribution in [0.5, 0.6) is 0 Å². The summed E-state index contributed by atoms with van der Waals surface area (Å²) in [5.74, 6) is 0.544. The van der Waals surface area contributed by atoms with Gasteiger partial charge >= 0.3 is 0 Å². The fourth-order valence-electron chi connectivity index (χ4n) is 2.34. The summed E-state index contributed by atoms with van der Waals surface area (Å²) >= 11 is 12.9. The van der Waals surface area contributed by atoms with Crippen molar-refractivity contribution in [2.45, 2.75) is 24.7 Å². The lowest BCUT2D eigenvalue weighted by Gasteiger charge is -2.31. The smallest absolute Gasteiger partial charge is 0.245 e. The Hall–Kier alpha value is 0.440. The second-order valence-corrected chi connectivity index (χ2v) is 9.04. The molecule has 0 saturated carbocycles. The van der Waals surface area contributed by atoms with Gasteiger partial charge in [-0.2, -0.15) is 4.31 Å². The molecule has 1 N–H and O–H groups in total. The number of hydrogen-bond donors (Lipinski definition) is 1. The molecule has 0 bridgehead atoms. The van der Waals surface area contributed by atoms with Gasteiger partial charge in [-0.1, -0.05) is 30.1 Å². The topological polar surface area (TPSA) is 49.4 Å². The highest BCUT2D eigenvalue weighted by atomic mass is 35.5. The third-order valence-corrected chi connectivity index (χ3v) is 7.15. The number of rotatable bonds is 5. The van der Waals surface area contributed by atoms with Gasteiger partial charge < -0.3 is 5.32 Å². The van der Waals surface area contributed by atoms with E-state index in [9.17, 15) is 8.42 Å². The number of piperidine rings is 1. The molecule has 0 spiro atoms. The van der Waals surface area contributed by atoms with E-state index in [0.29, 0.717) is 23.3 Å². The van der Waals surface area contributed by atoms with Crippen LogP contribution in [0.2, 0.25) is 8.67 Å². The molecule has 1 aromatic heterocycles. The SMILES string of the molecule is CCNCC1CCN(S(=O)(=O)c2cc(Cl)sc2Cl)CC1.Cl. The van der Waals surface area contributed by atoms with Gasteiger partial charge in [0.05, 0.1) is 4.34 Å². The van der Waals surface area contributed by atoms with Crippen LogP contribution in [0.4, 0.5) is 0 Å². The molecule has 2 heterocycles. The van der Waals surface area contributed by atoms with Crippen LogP contribution in [0.1, 0.15) is 19.8 Å². The van der Waals surface area contributed by atoms with E-state index in [0.717, 1.165) is 37.3 Å². The van der Waals surface area contributed by atoms with Crippen molar-refractivity contribution < 1.29 is 8.42 Å². The van der Waals surface area contributed by atoms with Crippen molar-refractivity contribution >= 4 is 57.0 Å². The van der Waals surface area contributed by atoms with E-state index in [4.69, 9.17) is 23.2 Å². The van der Waals surface area contributed by atoms with Gasteiger partial charge in [0.2, 0.25) is 10.0 Å². The Bertz CT molecular complexity index is 555. The van der Waals surface area contributed by atoms with E-state index in [1.807, 2.05) is 0 Å². The minimum atomic E-state index is -3.51. The third kappa shape index (κ3) is 4.70. The van der Waals surface area contributed by atoms with Crippen molar-refractivity contribution in [3.8, 4) is 0 Å². The third-order valence-electron chi connectivity index (χ3n) is 3.50. The zero-order valence-electron chi connectivity index (χ0n) is 11.6. The molecule has 9 heteroatoms. The molecule has 1 aliphatic heterocycles. The Morgan fingerprint density at radius 1 is 1.38 bits per heavy atom. The van der Waals surface area contributed by atoms with Gasteiger partial charge in [-0.25, -0.2) is 8.42 Å². The Kier molecular flexibility index (Phi) is 7.74. The maximum Gasteiger partial charge on any atom is 0.245 e. The molecule has 0 aliphatic carbocycles. The summed E-state index contributed by atoms with van der Waals surface area (Å²) in [5, 5.41) is 3.31. The standard InChI is InChI=1S/C12H18Cl2N2O2S2.ClH/c1-2-15-8-9-3-5-16(6-4-9)20(17,18)10-7-11(13)19-12(10)14;/h7,9,15H,2-6,8H2,1H3;1H. The molecule has 0 radical (unpaired) electrons. The predicted octanol–water partition coefficient (Wildman–Crippen LogP) is 3.49. The van der Waals surface area contributed by atoms with Gasteiger partial charge in [-0.05, 0) is 37.9 Å². The Labute approximate surface area is 146 Å². The van der Waals surface area contributed by atoms with Crippen molar-refractivity contribution in [3.63, 3.8) is 0 Å². The van der Waals surface area contributed by atoms with Gasteiger partial charge in [-0.3, -0.25) is 0 Å². The summed E-state index contributed by atoms with van der Waals surface area (Å²) in [6, 6.07) is 1.44. The molecular weight excluding hydrogens is 375 g/mol. The van der Waals surface area contributed by atoms with Gasteiger partial charge in [0.1, 0.15) is 9.23 Å². The van der Waals surface area contributed by atoms with E-state index >= 15 is 0 Å². The zero-order chi connectivity index (χ0) is 14.8. The number of hydrogen-bond acceptors (Lipinski definition) is 4. The van der Waals surface area contributed by atoms with Crippen LogP contribution < -0.4 is 5.32 Å². The van der Waals surface area contributed by atoms with Gasteiger partial charge in [0, 0.05) is 13.1 Å². The van der Waals surface area contributed by atoms with Crippen molar-refractivity contribution in [2.24, 2.45) is 5.92 Å². The molecule has 0 aromatic carbocycles. The molecule has 1 saturated heterocycles. The van der Waals surface area contributed by atoms with Crippen LogP contribution in [-0.4, -0.2) is 38.9 Å². The minimum Gasteiger partial charge on any atom is -0.317 e. The second kappa shape index (κ2) is 8.34. The quantitative estimate of drug-likeness (QED) is 0.833. The van der Waals surface area contributed by atoms with Gasteiger partial charge in [-0.15, -0.1) is 23.7 Å². The lowest BCUT2D eigenvalue weighted by atomic mass is 9.98. The largest absolute Gasteiger partial charge is 0.317 e. The summed E-state index contributed by atoms with van der Waals surface area (Å²) < 4.78 is 27.2. The first-order chi connectivity index (χ1) is 9.45. The lowest BCUT2D eigenvalue weighted by molar-refractivity contribution is 0.268.